The first-order valence-electron chi connectivity index (χ1n) is 9.54. The maximum absolute atomic E-state index is 12.7. The Morgan fingerprint density at radius 1 is 1.12 bits per heavy atom. The zero-order chi connectivity index (χ0) is 23.8. The fraction of sp³-hybridized carbons (Fsp3) is 0.0435. The number of para-hydroxylation sites is 1. The Morgan fingerprint density at radius 2 is 1.85 bits per heavy atom. The van der Waals surface area contributed by atoms with Crippen LogP contribution < -0.4 is 14.9 Å². The van der Waals surface area contributed by atoms with Gasteiger partial charge in [0.25, 0.3) is 15.9 Å². The van der Waals surface area contributed by atoms with Gasteiger partial charge in [-0.15, -0.1) is 0 Å². The van der Waals surface area contributed by atoms with Gasteiger partial charge in [-0.05, 0) is 54.6 Å². The summed E-state index contributed by atoms with van der Waals surface area (Å²) in [7, 11) is -3.93. The standard InChI is InChI=1S/C23H19BrClN3O4S/c1-2-13-32-22-12-7-17(24)14-16(22)15-26-27-23(29)20-5-3-4-6-21(20)28-33(30,31)19-10-8-18(25)9-11-19/h2-12,14-15,28H,1,13H2,(H,27,29)/b26-15+. The molecule has 0 heterocycles. The van der Waals surface area contributed by atoms with Gasteiger partial charge in [0.05, 0.1) is 22.4 Å². The predicted octanol–water partition coefficient (Wildman–Crippen LogP) is 5.23. The topological polar surface area (TPSA) is 96.9 Å². The number of carbonyl (C=O) groups excluding carboxylic acids is 1. The largest absolute Gasteiger partial charge is 0.489 e. The SMILES string of the molecule is C=CCOc1ccc(Br)cc1/C=N/NC(=O)c1ccccc1NS(=O)(=O)c1ccc(Cl)cc1. The fourth-order valence-electron chi connectivity index (χ4n) is 2.71. The van der Waals surface area contributed by atoms with Crippen LogP contribution in [0.3, 0.4) is 0 Å². The van der Waals surface area contributed by atoms with E-state index in [1.807, 2.05) is 6.07 Å². The highest BCUT2D eigenvalue weighted by atomic mass is 79.9. The molecule has 0 aromatic heterocycles. The van der Waals surface area contributed by atoms with Crippen molar-refractivity contribution in [2.75, 3.05) is 11.3 Å². The number of carbonyl (C=O) groups is 1. The lowest BCUT2D eigenvalue weighted by Gasteiger charge is -2.12. The Labute approximate surface area is 205 Å². The first-order valence-corrected chi connectivity index (χ1v) is 12.2. The number of hydrogen-bond donors (Lipinski definition) is 2. The fourth-order valence-corrected chi connectivity index (χ4v) is 4.29. The molecular formula is C23H19BrClN3O4S. The third-order valence-corrected chi connectivity index (χ3v) is 6.36. The van der Waals surface area contributed by atoms with Crippen LogP contribution in [0.15, 0.2) is 93.9 Å². The molecule has 2 N–H and O–H groups in total. The van der Waals surface area contributed by atoms with Crippen LogP contribution in [0.1, 0.15) is 15.9 Å². The minimum absolute atomic E-state index is 0.0156. The zero-order valence-electron chi connectivity index (χ0n) is 17.2. The quantitative estimate of drug-likeness (QED) is 0.217. The molecule has 1 amide bonds. The van der Waals surface area contributed by atoms with Crippen molar-refractivity contribution in [1.82, 2.24) is 5.43 Å². The molecule has 3 rings (SSSR count). The van der Waals surface area contributed by atoms with E-state index in [1.54, 1.807) is 30.3 Å². The Kier molecular flexibility index (Phi) is 8.26. The molecule has 0 aliphatic heterocycles. The summed E-state index contributed by atoms with van der Waals surface area (Å²) in [5, 5.41) is 4.40. The van der Waals surface area contributed by atoms with Crippen molar-refractivity contribution in [2.24, 2.45) is 5.10 Å². The van der Waals surface area contributed by atoms with Crippen LogP contribution in [0.25, 0.3) is 0 Å². The highest BCUT2D eigenvalue weighted by Gasteiger charge is 2.18. The van der Waals surface area contributed by atoms with Crippen molar-refractivity contribution >= 4 is 55.4 Å². The van der Waals surface area contributed by atoms with Crippen LogP contribution in [0.4, 0.5) is 5.69 Å². The van der Waals surface area contributed by atoms with Gasteiger partial charge in [0.1, 0.15) is 12.4 Å². The monoisotopic (exact) mass is 547 g/mol. The lowest BCUT2D eigenvalue weighted by atomic mass is 10.2. The van der Waals surface area contributed by atoms with E-state index in [4.69, 9.17) is 16.3 Å². The molecule has 0 bridgehead atoms. The summed E-state index contributed by atoms with van der Waals surface area (Å²) >= 11 is 9.21. The molecule has 3 aromatic carbocycles. The second-order valence-electron chi connectivity index (χ2n) is 6.59. The van der Waals surface area contributed by atoms with E-state index in [1.165, 1.54) is 42.6 Å². The van der Waals surface area contributed by atoms with Crippen molar-refractivity contribution in [3.63, 3.8) is 0 Å². The minimum Gasteiger partial charge on any atom is -0.489 e. The van der Waals surface area contributed by atoms with Gasteiger partial charge in [-0.1, -0.05) is 52.3 Å². The van der Waals surface area contributed by atoms with Gasteiger partial charge in [-0.3, -0.25) is 9.52 Å². The number of halogens is 2. The summed E-state index contributed by atoms with van der Waals surface area (Å²) in [4.78, 5) is 12.7. The van der Waals surface area contributed by atoms with Crippen LogP contribution in [0, 0.1) is 0 Å². The molecule has 0 atom stereocenters. The van der Waals surface area contributed by atoms with E-state index in [2.05, 4.69) is 37.8 Å². The first-order chi connectivity index (χ1) is 15.8. The van der Waals surface area contributed by atoms with Crippen molar-refractivity contribution < 1.29 is 17.9 Å². The number of sulfonamides is 1. The number of nitrogens with one attached hydrogen (secondary N) is 2. The maximum atomic E-state index is 12.7. The number of hydrazone groups is 1. The molecule has 0 spiro atoms. The highest BCUT2D eigenvalue weighted by molar-refractivity contribution is 9.10. The van der Waals surface area contributed by atoms with Crippen LogP contribution in [0.2, 0.25) is 5.02 Å². The lowest BCUT2D eigenvalue weighted by Crippen LogP contribution is -2.21. The number of ether oxygens (including phenoxy) is 1. The molecule has 0 saturated carbocycles. The van der Waals surface area contributed by atoms with E-state index in [9.17, 15) is 13.2 Å². The van der Waals surface area contributed by atoms with Crippen molar-refractivity contribution in [3.8, 4) is 5.75 Å². The van der Waals surface area contributed by atoms with Crippen LogP contribution in [0.5, 0.6) is 5.75 Å². The third-order valence-electron chi connectivity index (χ3n) is 4.24. The first kappa shape index (κ1) is 24.5. The van der Waals surface area contributed by atoms with Gasteiger partial charge in [-0.25, -0.2) is 13.8 Å². The molecule has 0 aliphatic carbocycles. The van der Waals surface area contributed by atoms with E-state index in [-0.39, 0.29) is 16.1 Å². The second kappa shape index (κ2) is 11.1. The molecule has 0 aliphatic rings. The van der Waals surface area contributed by atoms with Gasteiger partial charge in [-0.2, -0.15) is 5.10 Å². The number of anilines is 1. The molecule has 33 heavy (non-hydrogen) atoms. The summed E-state index contributed by atoms with van der Waals surface area (Å²) < 4.78 is 34.2. The number of benzene rings is 3. The summed E-state index contributed by atoms with van der Waals surface area (Å²) in [6.07, 6.45) is 3.05. The van der Waals surface area contributed by atoms with E-state index in [0.29, 0.717) is 22.9 Å². The normalized spacial score (nSPS) is 11.2. The van der Waals surface area contributed by atoms with E-state index < -0.39 is 15.9 Å². The van der Waals surface area contributed by atoms with Gasteiger partial charge in [0.2, 0.25) is 0 Å². The maximum Gasteiger partial charge on any atom is 0.273 e. The van der Waals surface area contributed by atoms with Crippen LogP contribution in [-0.2, 0) is 10.0 Å². The second-order valence-corrected chi connectivity index (χ2v) is 9.62. The van der Waals surface area contributed by atoms with E-state index >= 15 is 0 Å². The zero-order valence-corrected chi connectivity index (χ0v) is 20.3. The highest BCUT2D eigenvalue weighted by Crippen LogP contribution is 2.23. The molecule has 3 aromatic rings. The van der Waals surface area contributed by atoms with Crippen molar-refractivity contribution in [1.29, 1.82) is 0 Å². The minimum atomic E-state index is -3.93. The van der Waals surface area contributed by atoms with Crippen molar-refractivity contribution in [2.45, 2.75) is 4.90 Å². The molecule has 0 fully saturated rings. The molecule has 7 nitrogen and oxygen atoms in total. The number of hydrogen-bond acceptors (Lipinski definition) is 5. The molecule has 0 radical (unpaired) electrons. The Morgan fingerprint density at radius 3 is 2.58 bits per heavy atom. The number of rotatable bonds is 9. The summed E-state index contributed by atoms with van der Waals surface area (Å²) in [5.74, 6) is -0.0311. The van der Waals surface area contributed by atoms with Crippen LogP contribution in [-0.4, -0.2) is 27.1 Å². The predicted molar refractivity (Wildman–Crippen MR) is 134 cm³/mol. The van der Waals surface area contributed by atoms with Crippen molar-refractivity contribution in [3.05, 3.63) is 100 Å². The van der Waals surface area contributed by atoms with Gasteiger partial charge < -0.3 is 4.74 Å². The molecule has 170 valence electrons. The third kappa shape index (κ3) is 6.67. The smallest absolute Gasteiger partial charge is 0.273 e. The number of nitrogens with zero attached hydrogens (tertiary/aromatic N) is 1. The lowest BCUT2D eigenvalue weighted by molar-refractivity contribution is 0.0956. The summed E-state index contributed by atoms with van der Waals surface area (Å²) in [6.45, 7) is 3.93. The Hall–Kier alpha value is -3.14. The molecule has 0 unspecified atom stereocenters. The summed E-state index contributed by atoms with van der Waals surface area (Å²) in [6, 6.07) is 17.3. The van der Waals surface area contributed by atoms with Gasteiger partial charge in [0.15, 0.2) is 0 Å². The van der Waals surface area contributed by atoms with Gasteiger partial charge in [0, 0.05) is 15.1 Å². The average Bonchev–Trinajstić information content (AvgIpc) is 2.79. The van der Waals surface area contributed by atoms with Crippen LogP contribution >= 0.6 is 27.5 Å². The Bertz CT molecular complexity index is 1300. The molecule has 10 heteroatoms. The molecular weight excluding hydrogens is 530 g/mol. The van der Waals surface area contributed by atoms with Gasteiger partial charge >= 0.3 is 0 Å². The van der Waals surface area contributed by atoms with E-state index in [0.717, 1.165) is 4.47 Å². The number of amides is 1. The Balaban J connectivity index is 1.78. The summed E-state index contributed by atoms with van der Waals surface area (Å²) in [5.41, 5.74) is 3.25. The average molecular weight is 549 g/mol. The molecule has 0 saturated heterocycles.